The van der Waals surface area contributed by atoms with Crippen molar-refractivity contribution in [3.05, 3.63) is 126 Å². The van der Waals surface area contributed by atoms with Crippen LogP contribution >= 0.6 is 0 Å². The number of hydrogen-bond donors (Lipinski definition) is 1. The minimum absolute atomic E-state index is 0.250. The summed E-state index contributed by atoms with van der Waals surface area (Å²) in [5, 5.41) is 17.6. The second-order valence-electron chi connectivity index (χ2n) is 9.02. The average molecular weight is 510 g/mol. The van der Waals surface area contributed by atoms with E-state index in [-0.39, 0.29) is 11.6 Å². The largest absolute Gasteiger partial charge is 0.497 e. The van der Waals surface area contributed by atoms with E-state index in [4.69, 9.17) is 9.84 Å². The van der Waals surface area contributed by atoms with E-state index >= 15 is 0 Å². The molecule has 6 rings (SSSR count). The summed E-state index contributed by atoms with van der Waals surface area (Å²) in [4.78, 5) is 18.6. The predicted octanol–water partition coefficient (Wildman–Crippen LogP) is 6.21. The molecule has 3 heterocycles. The van der Waals surface area contributed by atoms with Crippen molar-refractivity contribution in [3.63, 3.8) is 0 Å². The van der Waals surface area contributed by atoms with E-state index in [0.29, 0.717) is 29.3 Å². The summed E-state index contributed by atoms with van der Waals surface area (Å²) in [5.41, 5.74) is 6.50. The average Bonchev–Trinajstić information content (AvgIpc) is 3.38. The SMILES string of the molecule is COc1ccc(C2=C(Nc3cccc(C#N)n3)Cc3c(-c4ccccc4)c(-c4ccccc4)nn3C2=O)cc1. The number of rotatable bonds is 6. The molecule has 0 aliphatic carbocycles. The van der Waals surface area contributed by atoms with Gasteiger partial charge in [0, 0.05) is 23.2 Å². The van der Waals surface area contributed by atoms with Crippen molar-refractivity contribution in [3.8, 4) is 34.2 Å². The van der Waals surface area contributed by atoms with Gasteiger partial charge in [-0.05, 0) is 35.4 Å². The molecule has 0 bridgehead atoms. The number of pyridine rings is 1. The molecule has 0 amide bonds. The van der Waals surface area contributed by atoms with Crippen LogP contribution in [0.2, 0.25) is 0 Å². The molecular formula is C32H23N5O2. The summed E-state index contributed by atoms with van der Waals surface area (Å²) in [6, 6.07) is 34.5. The number of carbonyl (C=O) groups is 1. The quantitative estimate of drug-likeness (QED) is 0.292. The third-order valence-electron chi connectivity index (χ3n) is 6.66. The Kier molecular flexibility index (Phi) is 6.20. The molecule has 7 heteroatoms. The Hall–Kier alpha value is -5.48. The second-order valence-corrected chi connectivity index (χ2v) is 9.02. The monoisotopic (exact) mass is 509 g/mol. The van der Waals surface area contributed by atoms with Crippen LogP contribution in [-0.2, 0) is 6.42 Å². The molecule has 7 nitrogen and oxygen atoms in total. The Labute approximate surface area is 225 Å². The number of nitriles is 1. The van der Waals surface area contributed by atoms with Crippen LogP contribution in [0, 0.1) is 11.3 Å². The highest BCUT2D eigenvalue weighted by Crippen LogP contribution is 2.40. The van der Waals surface area contributed by atoms with Gasteiger partial charge >= 0.3 is 0 Å². The molecular weight excluding hydrogens is 486 g/mol. The molecule has 0 spiro atoms. The number of aromatic nitrogens is 3. The number of methoxy groups -OCH3 is 1. The highest BCUT2D eigenvalue weighted by Gasteiger charge is 2.33. The minimum Gasteiger partial charge on any atom is -0.497 e. The summed E-state index contributed by atoms with van der Waals surface area (Å²) in [6.45, 7) is 0. The summed E-state index contributed by atoms with van der Waals surface area (Å²) in [7, 11) is 1.60. The molecule has 0 saturated carbocycles. The standard InChI is InChI=1S/C32H23N5O2/c1-39-25-17-15-22(16-18-25)29-26(35-28-14-8-13-24(20-33)34-28)19-27-30(21-9-4-2-5-10-21)31(36-37(27)32(29)38)23-11-6-3-7-12-23/h2-18H,19H2,1H3,(H,34,35). The molecule has 5 aromatic rings. The normalized spacial score (nSPS) is 12.6. The first-order valence-electron chi connectivity index (χ1n) is 12.5. The Morgan fingerprint density at radius 2 is 1.54 bits per heavy atom. The highest BCUT2D eigenvalue weighted by molar-refractivity contribution is 6.23. The molecule has 0 saturated heterocycles. The van der Waals surface area contributed by atoms with E-state index in [2.05, 4.69) is 16.4 Å². The van der Waals surface area contributed by atoms with Gasteiger partial charge in [0.05, 0.1) is 18.4 Å². The third kappa shape index (κ3) is 4.45. The smallest absolute Gasteiger partial charge is 0.280 e. The Morgan fingerprint density at radius 3 is 2.21 bits per heavy atom. The van der Waals surface area contributed by atoms with Gasteiger partial charge in [-0.1, -0.05) is 78.9 Å². The van der Waals surface area contributed by atoms with Gasteiger partial charge < -0.3 is 10.1 Å². The molecule has 188 valence electrons. The number of nitrogens with zero attached hydrogens (tertiary/aromatic N) is 4. The maximum absolute atomic E-state index is 14.2. The maximum Gasteiger partial charge on any atom is 0.280 e. The lowest BCUT2D eigenvalue weighted by Crippen LogP contribution is -2.26. The zero-order valence-electron chi connectivity index (χ0n) is 21.1. The number of ether oxygens (including phenoxy) is 1. The fourth-order valence-electron chi connectivity index (χ4n) is 4.86. The fraction of sp³-hybridized carbons (Fsp3) is 0.0625. The number of allylic oxidation sites excluding steroid dienone is 2. The summed E-state index contributed by atoms with van der Waals surface area (Å²) in [5.74, 6) is 0.929. The van der Waals surface area contributed by atoms with Crippen LogP contribution in [0.25, 0.3) is 28.0 Å². The van der Waals surface area contributed by atoms with E-state index in [1.165, 1.54) is 4.68 Å². The molecule has 0 atom stereocenters. The predicted molar refractivity (Wildman–Crippen MR) is 150 cm³/mol. The molecule has 1 N–H and O–H groups in total. The molecule has 3 aromatic carbocycles. The van der Waals surface area contributed by atoms with Crippen molar-refractivity contribution >= 4 is 17.3 Å². The third-order valence-corrected chi connectivity index (χ3v) is 6.66. The van der Waals surface area contributed by atoms with E-state index < -0.39 is 0 Å². The zero-order chi connectivity index (χ0) is 26.8. The Balaban J connectivity index is 1.56. The first kappa shape index (κ1) is 23.9. The van der Waals surface area contributed by atoms with Gasteiger partial charge in [0.25, 0.3) is 5.91 Å². The number of hydrogen-bond acceptors (Lipinski definition) is 6. The Bertz CT molecular complexity index is 1750. The van der Waals surface area contributed by atoms with Gasteiger partial charge in [0.2, 0.25) is 0 Å². The van der Waals surface area contributed by atoms with E-state index in [9.17, 15) is 10.1 Å². The van der Waals surface area contributed by atoms with Crippen molar-refractivity contribution in [1.82, 2.24) is 14.8 Å². The van der Waals surface area contributed by atoms with Gasteiger partial charge in [-0.15, -0.1) is 0 Å². The fourth-order valence-corrected chi connectivity index (χ4v) is 4.86. The van der Waals surface area contributed by atoms with Crippen LogP contribution in [0.3, 0.4) is 0 Å². The molecule has 0 unspecified atom stereocenters. The van der Waals surface area contributed by atoms with Crippen molar-refractivity contribution in [2.45, 2.75) is 6.42 Å². The number of benzene rings is 3. The highest BCUT2D eigenvalue weighted by atomic mass is 16.5. The lowest BCUT2D eigenvalue weighted by atomic mass is 9.92. The van der Waals surface area contributed by atoms with E-state index in [1.807, 2.05) is 84.9 Å². The van der Waals surface area contributed by atoms with Gasteiger partial charge in [-0.25, -0.2) is 4.98 Å². The number of nitrogens with one attached hydrogen (secondary N) is 1. The summed E-state index contributed by atoms with van der Waals surface area (Å²) in [6.07, 6.45) is 0.398. The van der Waals surface area contributed by atoms with Crippen LogP contribution in [0.1, 0.15) is 21.7 Å². The lowest BCUT2D eigenvalue weighted by molar-refractivity contribution is 0.0958. The van der Waals surface area contributed by atoms with E-state index in [1.54, 1.807) is 25.3 Å². The van der Waals surface area contributed by atoms with Crippen LogP contribution in [0.4, 0.5) is 5.82 Å². The minimum atomic E-state index is -0.250. The lowest BCUT2D eigenvalue weighted by Gasteiger charge is -2.23. The van der Waals surface area contributed by atoms with Crippen molar-refractivity contribution < 1.29 is 9.53 Å². The molecule has 1 aliphatic heterocycles. The second kappa shape index (κ2) is 10.1. The van der Waals surface area contributed by atoms with Gasteiger partial charge in [0.15, 0.2) is 0 Å². The maximum atomic E-state index is 14.2. The Morgan fingerprint density at radius 1 is 0.846 bits per heavy atom. The molecule has 2 aromatic heterocycles. The van der Waals surface area contributed by atoms with Crippen LogP contribution < -0.4 is 10.1 Å². The molecule has 39 heavy (non-hydrogen) atoms. The first-order valence-corrected chi connectivity index (χ1v) is 12.5. The summed E-state index contributed by atoms with van der Waals surface area (Å²) >= 11 is 0. The number of anilines is 1. The molecule has 0 fully saturated rings. The molecule has 1 aliphatic rings. The molecule has 0 radical (unpaired) electrons. The summed E-state index contributed by atoms with van der Waals surface area (Å²) < 4.78 is 6.85. The number of carbonyl (C=O) groups excluding carboxylic acids is 1. The van der Waals surface area contributed by atoms with Gasteiger partial charge in [-0.3, -0.25) is 4.79 Å². The van der Waals surface area contributed by atoms with Crippen LogP contribution in [0.5, 0.6) is 5.75 Å². The zero-order valence-corrected chi connectivity index (χ0v) is 21.1. The number of fused-ring (bicyclic) bond motifs is 1. The first-order chi connectivity index (χ1) is 19.2. The van der Waals surface area contributed by atoms with Crippen molar-refractivity contribution in [2.75, 3.05) is 12.4 Å². The van der Waals surface area contributed by atoms with Crippen LogP contribution in [0.15, 0.2) is 109 Å². The van der Waals surface area contributed by atoms with Gasteiger partial charge in [0.1, 0.15) is 29.0 Å². The van der Waals surface area contributed by atoms with Crippen LogP contribution in [-0.4, -0.2) is 27.8 Å². The van der Waals surface area contributed by atoms with Crippen molar-refractivity contribution in [2.24, 2.45) is 0 Å². The van der Waals surface area contributed by atoms with E-state index in [0.717, 1.165) is 33.6 Å². The van der Waals surface area contributed by atoms with Crippen molar-refractivity contribution in [1.29, 1.82) is 5.26 Å². The van der Waals surface area contributed by atoms with Gasteiger partial charge in [-0.2, -0.15) is 15.0 Å². The topological polar surface area (TPSA) is 92.8 Å².